The fourth-order valence-corrected chi connectivity index (χ4v) is 2.87. The second-order valence-electron chi connectivity index (χ2n) is 6.12. The number of aromatic nitrogens is 2. The van der Waals surface area contributed by atoms with Crippen LogP contribution in [0.4, 0.5) is 13.2 Å². The van der Waals surface area contributed by atoms with E-state index in [1.165, 1.54) is 18.2 Å². The number of ether oxygens (including phenoxy) is 1. The third-order valence-electron chi connectivity index (χ3n) is 4.05. The molecule has 0 unspecified atom stereocenters. The molecule has 2 aromatic carbocycles. The Bertz CT molecular complexity index is 1020. The van der Waals surface area contributed by atoms with Gasteiger partial charge in [0.1, 0.15) is 11.4 Å². The van der Waals surface area contributed by atoms with Crippen molar-refractivity contribution in [3.05, 3.63) is 70.4 Å². The van der Waals surface area contributed by atoms with Gasteiger partial charge in [-0.3, -0.25) is 9.89 Å². The van der Waals surface area contributed by atoms with Crippen LogP contribution >= 0.6 is 11.6 Å². The van der Waals surface area contributed by atoms with Gasteiger partial charge in [-0.2, -0.15) is 18.3 Å². The van der Waals surface area contributed by atoms with Crippen LogP contribution in [0.5, 0.6) is 5.75 Å². The van der Waals surface area contributed by atoms with Gasteiger partial charge in [0, 0.05) is 17.1 Å². The molecule has 0 aliphatic rings. The van der Waals surface area contributed by atoms with Gasteiger partial charge in [0.25, 0.3) is 5.91 Å². The summed E-state index contributed by atoms with van der Waals surface area (Å²) in [5.74, 6) is 0.0699. The molecule has 0 atom stereocenters. The van der Waals surface area contributed by atoms with Gasteiger partial charge in [-0.05, 0) is 48.9 Å². The van der Waals surface area contributed by atoms with Crippen molar-refractivity contribution in [1.82, 2.24) is 15.5 Å². The number of rotatable bonds is 6. The minimum absolute atomic E-state index is 0.0571. The first-order valence-corrected chi connectivity index (χ1v) is 9.08. The topological polar surface area (TPSA) is 67.0 Å². The summed E-state index contributed by atoms with van der Waals surface area (Å²) in [6.07, 6.45) is -4.44. The second kappa shape index (κ2) is 8.57. The molecule has 0 aliphatic heterocycles. The summed E-state index contributed by atoms with van der Waals surface area (Å²) in [4.78, 5) is 12.4. The van der Waals surface area contributed by atoms with Crippen LogP contribution in [-0.4, -0.2) is 22.7 Å². The standard InChI is InChI=1S/C20H17ClF3N3O2/c1-2-29-18-7-6-14(21)9-15(18)16-10-17(27-26-16)19(28)25-11-12-4-3-5-13(8-12)20(22,23)24/h3-10H,2,11H2,1H3,(H,25,28)(H,26,27). The summed E-state index contributed by atoms with van der Waals surface area (Å²) in [7, 11) is 0. The molecule has 1 amide bonds. The van der Waals surface area contributed by atoms with Gasteiger partial charge in [0.15, 0.2) is 0 Å². The molecule has 0 saturated heterocycles. The highest BCUT2D eigenvalue weighted by Gasteiger charge is 2.30. The average Bonchev–Trinajstić information content (AvgIpc) is 3.17. The summed E-state index contributed by atoms with van der Waals surface area (Å²) in [5.41, 5.74) is 0.806. The van der Waals surface area contributed by atoms with E-state index in [9.17, 15) is 18.0 Å². The van der Waals surface area contributed by atoms with Crippen LogP contribution in [0, 0.1) is 0 Å². The van der Waals surface area contributed by atoms with Crippen LogP contribution < -0.4 is 10.1 Å². The number of hydrogen-bond acceptors (Lipinski definition) is 3. The van der Waals surface area contributed by atoms with Crippen LogP contribution in [0.25, 0.3) is 11.3 Å². The SMILES string of the molecule is CCOc1ccc(Cl)cc1-c1cc(C(=O)NCc2cccc(C(F)(F)F)c2)[nH]n1. The summed E-state index contributed by atoms with van der Waals surface area (Å²) >= 11 is 6.05. The molecule has 2 N–H and O–H groups in total. The number of halogens is 4. The van der Waals surface area contributed by atoms with Gasteiger partial charge in [-0.15, -0.1) is 0 Å². The lowest BCUT2D eigenvalue weighted by atomic mass is 10.1. The molecule has 0 aliphatic carbocycles. The zero-order chi connectivity index (χ0) is 21.0. The number of amides is 1. The molecule has 3 rings (SSSR count). The Hall–Kier alpha value is -3.00. The zero-order valence-electron chi connectivity index (χ0n) is 15.3. The van der Waals surface area contributed by atoms with E-state index in [1.807, 2.05) is 6.92 Å². The molecule has 9 heteroatoms. The maximum absolute atomic E-state index is 12.8. The van der Waals surface area contributed by atoms with Gasteiger partial charge in [0.05, 0.1) is 17.9 Å². The zero-order valence-corrected chi connectivity index (χ0v) is 16.1. The molecule has 3 aromatic rings. The third-order valence-corrected chi connectivity index (χ3v) is 4.28. The predicted molar refractivity (Wildman–Crippen MR) is 103 cm³/mol. The quantitative estimate of drug-likeness (QED) is 0.581. The fraction of sp³-hybridized carbons (Fsp3) is 0.200. The summed E-state index contributed by atoms with van der Waals surface area (Å²) in [6.45, 7) is 2.23. The molecular formula is C20H17ClF3N3O2. The highest BCUT2D eigenvalue weighted by Crippen LogP contribution is 2.32. The van der Waals surface area contributed by atoms with Crippen molar-refractivity contribution in [2.24, 2.45) is 0 Å². The number of nitrogens with one attached hydrogen (secondary N) is 2. The summed E-state index contributed by atoms with van der Waals surface area (Å²) in [6, 6.07) is 11.4. The highest BCUT2D eigenvalue weighted by atomic mass is 35.5. The van der Waals surface area contributed by atoms with Crippen molar-refractivity contribution in [2.45, 2.75) is 19.6 Å². The summed E-state index contributed by atoms with van der Waals surface area (Å²) in [5, 5.41) is 9.81. The monoisotopic (exact) mass is 423 g/mol. The van der Waals surface area contributed by atoms with E-state index in [1.54, 1.807) is 18.2 Å². The van der Waals surface area contributed by atoms with Gasteiger partial charge in [-0.25, -0.2) is 0 Å². The Morgan fingerprint density at radius 1 is 1.21 bits per heavy atom. The molecule has 0 bridgehead atoms. The lowest BCUT2D eigenvalue weighted by Crippen LogP contribution is -2.23. The van der Waals surface area contributed by atoms with Crippen molar-refractivity contribution < 1.29 is 22.7 Å². The fourth-order valence-electron chi connectivity index (χ4n) is 2.69. The lowest BCUT2D eigenvalue weighted by molar-refractivity contribution is -0.137. The van der Waals surface area contributed by atoms with Crippen molar-refractivity contribution in [1.29, 1.82) is 0 Å². The van der Waals surface area contributed by atoms with Crippen LogP contribution in [0.3, 0.4) is 0 Å². The maximum atomic E-state index is 12.8. The Kier molecular flexibility index (Phi) is 6.12. The van der Waals surface area contributed by atoms with Gasteiger partial charge < -0.3 is 10.1 Å². The Morgan fingerprint density at radius 3 is 2.72 bits per heavy atom. The van der Waals surface area contributed by atoms with Crippen LogP contribution in [0.15, 0.2) is 48.5 Å². The summed E-state index contributed by atoms with van der Waals surface area (Å²) < 4.78 is 43.9. The van der Waals surface area contributed by atoms with E-state index in [0.717, 1.165) is 12.1 Å². The van der Waals surface area contributed by atoms with Crippen LogP contribution in [0.2, 0.25) is 5.02 Å². The first kappa shape index (κ1) is 20.7. The molecule has 29 heavy (non-hydrogen) atoms. The highest BCUT2D eigenvalue weighted by molar-refractivity contribution is 6.31. The van der Waals surface area contributed by atoms with E-state index in [0.29, 0.717) is 34.2 Å². The number of benzene rings is 2. The lowest BCUT2D eigenvalue weighted by Gasteiger charge is -2.09. The van der Waals surface area contributed by atoms with E-state index in [2.05, 4.69) is 15.5 Å². The molecule has 0 radical (unpaired) electrons. The number of alkyl halides is 3. The molecule has 0 spiro atoms. The molecule has 5 nitrogen and oxygen atoms in total. The first-order chi connectivity index (χ1) is 13.8. The molecule has 0 fully saturated rings. The van der Waals surface area contributed by atoms with Gasteiger partial charge >= 0.3 is 6.18 Å². The number of aromatic amines is 1. The molecule has 0 saturated carbocycles. The van der Waals surface area contributed by atoms with Gasteiger partial charge in [0.2, 0.25) is 0 Å². The van der Waals surface area contributed by atoms with Gasteiger partial charge in [-0.1, -0.05) is 23.7 Å². The van der Waals surface area contributed by atoms with Crippen molar-refractivity contribution in [3.8, 4) is 17.0 Å². The van der Waals surface area contributed by atoms with Crippen molar-refractivity contribution in [2.75, 3.05) is 6.61 Å². The Morgan fingerprint density at radius 2 is 2.00 bits per heavy atom. The molecule has 1 aromatic heterocycles. The van der Waals surface area contributed by atoms with E-state index in [4.69, 9.17) is 16.3 Å². The number of nitrogens with zero attached hydrogens (tertiary/aromatic N) is 1. The normalized spacial score (nSPS) is 11.3. The number of carbonyl (C=O) groups excluding carboxylic acids is 1. The number of H-pyrrole nitrogens is 1. The number of hydrogen-bond donors (Lipinski definition) is 2. The minimum atomic E-state index is -4.44. The van der Waals surface area contributed by atoms with Crippen LogP contribution in [-0.2, 0) is 12.7 Å². The molecule has 1 heterocycles. The second-order valence-corrected chi connectivity index (χ2v) is 6.56. The molecule has 152 valence electrons. The van der Waals surface area contributed by atoms with E-state index < -0.39 is 17.6 Å². The largest absolute Gasteiger partial charge is 0.493 e. The minimum Gasteiger partial charge on any atom is -0.493 e. The van der Waals surface area contributed by atoms with E-state index >= 15 is 0 Å². The number of carbonyl (C=O) groups is 1. The average molecular weight is 424 g/mol. The smallest absolute Gasteiger partial charge is 0.416 e. The third kappa shape index (κ3) is 5.08. The maximum Gasteiger partial charge on any atom is 0.416 e. The van der Waals surface area contributed by atoms with Crippen LogP contribution in [0.1, 0.15) is 28.5 Å². The van der Waals surface area contributed by atoms with Crippen molar-refractivity contribution >= 4 is 17.5 Å². The Balaban J connectivity index is 1.73. The van der Waals surface area contributed by atoms with Crippen molar-refractivity contribution in [3.63, 3.8) is 0 Å². The molecular weight excluding hydrogens is 407 g/mol. The Labute approximate surface area is 169 Å². The first-order valence-electron chi connectivity index (χ1n) is 8.70. The predicted octanol–water partition coefficient (Wildman–Crippen LogP) is 5.08. The van der Waals surface area contributed by atoms with E-state index in [-0.39, 0.29) is 12.2 Å².